The molecule has 1 N–H and O–H groups in total. The molecule has 0 aromatic heterocycles. The third-order valence-corrected chi connectivity index (χ3v) is 2.66. The minimum Gasteiger partial charge on any atom is -0.490 e. The molecule has 3 heteroatoms. The van der Waals surface area contributed by atoms with Crippen molar-refractivity contribution in [2.45, 2.75) is 33.2 Å². The van der Waals surface area contributed by atoms with Gasteiger partial charge in [0.2, 0.25) is 0 Å². The summed E-state index contributed by atoms with van der Waals surface area (Å²) in [7, 11) is 0. The molecular weight excluding hydrogens is 212 g/mol. The van der Waals surface area contributed by atoms with E-state index in [1.165, 1.54) is 5.56 Å². The van der Waals surface area contributed by atoms with Crippen molar-refractivity contribution >= 4 is 0 Å². The standard InChI is InChI=1S/C14H20N2O/c1-5-16-14(4,9-15)10-17-13-7-6-11(2)8-12(13)3/h6-8,16H,5,10H2,1-4H3. The molecule has 0 radical (unpaired) electrons. The summed E-state index contributed by atoms with van der Waals surface area (Å²) in [5, 5.41) is 12.2. The molecule has 0 aliphatic heterocycles. The molecule has 0 heterocycles. The third-order valence-electron chi connectivity index (χ3n) is 2.66. The molecule has 0 aliphatic carbocycles. The van der Waals surface area contributed by atoms with Gasteiger partial charge in [0, 0.05) is 0 Å². The van der Waals surface area contributed by atoms with E-state index in [0.717, 1.165) is 17.9 Å². The minimum atomic E-state index is -0.633. The summed E-state index contributed by atoms with van der Waals surface area (Å²) in [5.41, 5.74) is 1.68. The Morgan fingerprint density at radius 1 is 1.41 bits per heavy atom. The molecule has 0 fully saturated rings. The molecule has 1 rings (SSSR count). The van der Waals surface area contributed by atoms with E-state index >= 15 is 0 Å². The lowest BCUT2D eigenvalue weighted by Gasteiger charge is -2.23. The van der Waals surface area contributed by atoms with E-state index in [1.54, 1.807) is 0 Å². The molecule has 1 aromatic carbocycles. The smallest absolute Gasteiger partial charge is 0.138 e. The molecule has 0 saturated heterocycles. The topological polar surface area (TPSA) is 45.0 Å². The van der Waals surface area contributed by atoms with Crippen LogP contribution in [0.4, 0.5) is 0 Å². The number of ether oxygens (including phenoxy) is 1. The Morgan fingerprint density at radius 2 is 2.12 bits per heavy atom. The third kappa shape index (κ3) is 3.76. The predicted octanol–water partition coefficient (Wildman–Crippen LogP) is 2.57. The van der Waals surface area contributed by atoms with Crippen LogP contribution in [0.2, 0.25) is 0 Å². The van der Waals surface area contributed by atoms with Gasteiger partial charge in [-0.05, 0) is 38.9 Å². The maximum atomic E-state index is 9.12. The van der Waals surface area contributed by atoms with Gasteiger partial charge in [-0.25, -0.2) is 0 Å². The van der Waals surface area contributed by atoms with E-state index in [0.29, 0.717) is 6.61 Å². The summed E-state index contributed by atoms with van der Waals surface area (Å²) in [4.78, 5) is 0. The summed E-state index contributed by atoms with van der Waals surface area (Å²) in [6.45, 7) is 8.99. The number of hydrogen-bond donors (Lipinski definition) is 1. The van der Waals surface area contributed by atoms with Gasteiger partial charge < -0.3 is 4.74 Å². The van der Waals surface area contributed by atoms with Crippen LogP contribution in [-0.4, -0.2) is 18.7 Å². The molecule has 0 saturated carbocycles. The van der Waals surface area contributed by atoms with Crippen molar-refractivity contribution in [3.8, 4) is 11.8 Å². The van der Waals surface area contributed by atoms with E-state index in [4.69, 9.17) is 10.00 Å². The van der Waals surface area contributed by atoms with E-state index in [2.05, 4.69) is 24.4 Å². The maximum absolute atomic E-state index is 9.12. The second-order valence-electron chi connectivity index (χ2n) is 4.53. The van der Waals surface area contributed by atoms with Crippen LogP contribution in [0.1, 0.15) is 25.0 Å². The molecule has 0 spiro atoms. The van der Waals surface area contributed by atoms with E-state index in [9.17, 15) is 0 Å². The summed E-state index contributed by atoms with van der Waals surface area (Å²) < 4.78 is 5.72. The number of nitriles is 1. The zero-order valence-electron chi connectivity index (χ0n) is 11.0. The first-order valence-corrected chi connectivity index (χ1v) is 5.87. The molecule has 0 amide bonds. The van der Waals surface area contributed by atoms with Gasteiger partial charge in [-0.15, -0.1) is 0 Å². The maximum Gasteiger partial charge on any atom is 0.138 e. The minimum absolute atomic E-state index is 0.348. The highest BCUT2D eigenvalue weighted by Crippen LogP contribution is 2.19. The van der Waals surface area contributed by atoms with E-state index < -0.39 is 5.54 Å². The number of hydrogen-bond acceptors (Lipinski definition) is 3. The van der Waals surface area contributed by atoms with E-state index in [1.807, 2.05) is 32.9 Å². The molecule has 17 heavy (non-hydrogen) atoms. The second-order valence-corrected chi connectivity index (χ2v) is 4.53. The monoisotopic (exact) mass is 232 g/mol. The van der Waals surface area contributed by atoms with E-state index in [-0.39, 0.29) is 0 Å². The lowest BCUT2D eigenvalue weighted by atomic mass is 10.1. The highest BCUT2D eigenvalue weighted by atomic mass is 16.5. The fraction of sp³-hybridized carbons (Fsp3) is 0.500. The molecule has 1 atom stereocenters. The number of benzene rings is 1. The first-order chi connectivity index (χ1) is 8.00. The highest BCUT2D eigenvalue weighted by Gasteiger charge is 2.23. The molecule has 0 bridgehead atoms. The Kier molecular flexibility index (Phi) is 4.53. The van der Waals surface area contributed by atoms with Gasteiger partial charge in [-0.1, -0.05) is 24.6 Å². The largest absolute Gasteiger partial charge is 0.490 e. The zero-order valence-corrected chi connectivity index (χ0v) is 11.0. The van der Waals surface area contributed by atoms with Crippen LogP contribution in [0.15, 0.2) is 18.2 Å². The van der Waals surface area contributed by atoms with Crippen molar-refractivity contribution < 1.29 is 4.74 Å². The normalized spacial score (nSPS) is 13.8. The van der Waals surface area contributed by atoms with Crippen LogP contribution in [0.5, 0.6) is 5.75 Å². The van der Waals surface area contributed by atoms with Gasteiger partial charge in [-0.2, -0.15) is 5.26 Å². The van der Waals surface area contributed by atoms with Crippen LogP contribution in [-0.2, 0) is 0 Å². The van der Waals surface area contributed by atoms with Crippen molar-refractivity contribution in [2.24, 2.45) is 0 Å². The Hall–Kier alpha value is -1.53. The number of rotatable bonds is 5. The van der Waals surface area contributed by atoms with Crippen molar-refractivity contribution in [3.63, 3.8) is 0 Å². The van der Waals surface area contributed by atoms with Crippen molar-refractivity contribution in [1.82, 2.24) is 5.32 Å². The van der Waals surface area contributed by atoms with Crippen LogP contribution >= 0.6 is 0 Å². The average molecular weight is 232 g/mol. The summed E-state index contributed by atoms with van der Waals surface area (Å²) in [6, 6.07) is 8.29. The van der Waals surface area contributed by atoms with Crippen LogP contribution < -0.4 is 10.1 Å². The fourth-order valence-corrected chi connectivity index (χ4v) is 1.70. The number of nitrogens with zero attached hydrogens (tertiary/aromatic N) is 1. The van der Waals surface area contributed by atoms with Gasteiger partial charge in [0.05, 0.1) is 6.07 Å². The average Bonchev–Trinajstić information content (AvgIpc) is 2.28. The van der Waals surface area contributed by atoms with Crippen LogP contribution in [0.25, 0.3) is 0 Å². The van der Waals surface area contributed by atoms with Gasteiger partial charge in [-0.3, -0.25) is 5.32 Å². The lowest BCUT2D eigenvalue weighted by Crippen LogP contribution is -2.46. The molecule has 1 unspecified atom stereocenters. The van der Waals surface area contributed by atoms with Gasteiger partial charge in [0.1, 0.15) is 17.9 Å². The quantitative estimate of drug-likeness (QED) is 0.848. The molecule has 0 aliphatic rings. The number of likely N-dealkylation sites (N-methyl/N-ethyl adjacent to an activating group) is 1. The number of aryl methyl sites for hydroxylation is 2. The summed E-state index contributed by atoms with van der Waals surface area (Å²) in [6.07, 6.45) is 0. The predicted molar refractivity (Wildman–Crippen MR) is 69.1 cm³/mol. The van der Waals surface area contributed by atoms with Crippen LogP contribution in [0, 0.1) is 25.2 Å². The zero-order chi connectivity index (χ0) is 12.9. The fourth-order valence-electron chi connectivity index (χ4n) is 1.70. The van der Waals surface area contributed by atoms with Crippen molar-refractivity contribution in [2.75, 3.05) is 13.2 Å². The van der Waals surface area contributed by atoms with Gasteiger partial charge in [0.15, 0.2) is 0 Å². The van der Waals surface area contributed by atoms with Gasteiger partial charge >= 0.3 is 0 Å². The summed E-state index contributed by atoms with van der Waals surface area (Å²) in [5.74, 6) is 0.843. The first kappa shape index (κ1) is 13.5. The summed E-state index contributed by atoms with van der Waals surface area (Å²) >= 11 is 0. The highest BCUT2D eigenvalue weighted by molar-refractivity contribution is 5.35. The number of nitrogens with one attached hydrogen (secondary N) is 1. The van der Waals surface area contributed by atoms with Crippen molar-refractivity contribution in [3.05, 3.63) is 29.3 Å². The lowest BCUT2D eigenvalue weighted by molar-refractivity contribution is 0.235. The van der Waals surface area contributed by atoms with Gasteiger partial charge in [0.25, 0.3) is 0 Å². The molecular formula is C14H20N2O. The molecule has 1 aromatic rings. The molecule has 92 valence electrons. The Bertz CT molecular complexity index is 423. The van der Waals surface area contributed by atoms with Crippen molar-refractivity contribution in [1.29, 1.82) is 5.26 Å². The van der Waals surface area contributed by atoms with Crippen LogP contribution in [0.3, 0.4) is 0 Å². The first-order valence-electron chi connectivity index (χ1n) is 5.87. The Morgan fingerprint density at radius 3 is 2.65 bits per heavy atom. The second kappa shape index (κ2) is 5.70. The Labute approximate surface area is 103 Å². The Balaban J connectivity index is 2.70. The SMILES string of the molecule is CCNC(C)(C#N)COc1ccc(C)cc1C. The molecule has 3 nitrogen and oxygen atoms in total.